The van der Waals surface area contributed by atoms with Gasteiger partial charge in [-0.3, -0.25) is 4.79 Å². The zero-order valence-electron chi connectivity index (χ0n) is 11.0. The first kappa shape index (κ1) is 12.2. The van der Waals surface area contributed by atoms with Gasteiger partial charge in [-0.1, -0.05) is 0 Å². The average molecular weight is 258 g/mol. The highest BCUT2D eigenvalue weighted by Gasteiger charge is 2.19. The van der Waals surface area contributed by atoms with Crippen molar-refractivity contribution in [2.75, 3.05) is 20.1 Å². The molecule has 2 N–H and O–H groups in total. The minimum atomic E-state index is 0.0604. The number of hydrogen-bond donors (Lipinski definition) is 2. The van der Waals surface area contributed by atoms with Crippen LogP contribution in [0.25, 0.3) is 11.0 Å². The van der Waals surface area contributed by atoms with E-state index in [2.05, 4.69) is 15.3 Å². The number of nitrogens with zero attached hydrogens (tertiary/aromatic N) is 2. The summed E-state index contributed by atoms with van der Waals surface area (Å²) in [6, 6.07) is 6.01. The third kappa shape index (κ3) is 2.46. The molecular formula is C14H18N4O. The van der Waals surface area contributed by atoms with Gasteiger partial charge in [-0.25, -0.2) is 4.98 Å². The summed E-state index contributed by atoms with van der Waals surface area (Å²) in [6.07, 6.45) is 4.00. The Labute approximate surface area is 112 Å². The van der Waals surface area contributed by atoms with E-state index in [1.54, 1.807) is 11.2 Å². The normalized spacial score (nSPS) is 18.9. The largest absolute Gasteiger partial charge is 0.345 e. The molecule has 3 rings (SSSR count). The summed E-state index contributed by atoms with van der Waals surface area (Å²) >= 11 is 0. The molecular weight excluding hydrogens is 240 g/mol. The van der Waals surface area contributed by atoms with Gasteiger partial charge in [0.1, 0.15) is 0 Å². The van der Waals surface area contributed by atoms with Crippen LogP contribution in [0.5, 0.6) is 0 Å². The highest BCUT2D eigenvalue weighted by Crippen LogP contribution is 2.14. The number of carbonyl (C=O) groups excluding carboxylic acids is 1. The van der Waals surface area contributed by atoms with Crippen LogP contribution in [0.4, 0.5) is 0 Å². The van der Waals surface area contributed by atoms with Gasteiger partial charge in [0.25, 0.3) is 5.91 Å². The Kier molecular flexibility index (Phi) is 3.21. The Balaban J connectivity index is 1.74. The summed E-state index contributed by atoms with van der Waals surface area (Å²) < 4.78 is 0. The SMILES string of the molecule is CN(CC1CCCN1)C(=O)c1ccc2nc[nH]c2c1. The summed E-state index contributed by atoms with van der Waals surface area (Å²) in [5.41, 5.74) is 2.49. The highest BCUT2D eigenvalue weighted by atomic mass is 16.2. The van der Waals surface area contributed by atoms with Gasteiger partial charge in [0.05, 0.1) is 17.4 Å². The molecule has 5 heteroatoms. The zero-order chi connectivity index (χ0) is 13.2. The van der Waals surface area contributed by atoms with Crippen LogP contribution in [-0.2, 0) is 0 Å². The van der Waals surface area contributed by atoms with Gasteiger partial charge in [0.15, 0.2) is 0 Å². The Morgan fingerprint density at radius 2 is 2.42 bits per heavy atom. The number of nitrogens with one attached hydrogen (secondary N) is 2. The zero-order valence-corrected chi connectivity index (χ0v) is 11.0. The first-order valence-corrected chi connectivity index (χ1v) is 6.66. The number of rotatable bonds is 3. The highest BCUT2D eigenvalue weighted by molar-refractivity contribution is 5.97. The Bertz CT molecular complexity index is 586. The van der Waals surface area contributed by atoms with E-state index in [9.17, 15) is 4.79 Å². The summed E-state index contributed by atoms with van der Waals surface area (Å²) in [6.45, 7) is 1.83. The minimum Gasteiger partial charge on any atom is -0.345 e. The maximum absolute atomic E-state index is 12.4. The molecule has 0 spiro atoms. The number of likely N-dealkylation sites (N-methyl/N-ethyl adjacent to an activating group) is 1. The van der Waals surface area contributed by atoms with Crippen LogP contribution in [0.1, 0.15) is 23.2 Å². The van der Waals surface area contributed by atoms with Crippen LogP contribution in [0.2, 0.25) is 0 Å². The fraction of sp³-hybridized carbons (Fsp3) is 0.429. The maximum atomic E-state index is 12.4. The van der Waals surface area contributed by atoms with E-state index >= 15 is 0 Å². The molecule has 0 aliphatic carbocycles. The topological polar surface area (TPSA) is 61.0 Å². The first-order valence-electron chi connectivity index (χ1n) is 6.66. The lowest BCUT2D eigenvalue weighted by atomic mass is 10.1. The van der Waals surface area contributed by atoms with Gasteiger partial charge in [0, 0.05) is 25.2 Å². The van der Waals surface area contributed by atoms with Crippen LogP contribution in [-0.4, -0.2) is 47.0 Å². The number of benzene rings is 1. The molecule has 1 aromatic heterocycles. The van der Waals surface area contributed by atoms with Crippen LogP contribution < -0.4 is 5.32 Å². The number of amides is 1. The van der Waals surface area contributed by atoms with Crippen LogP contribution >= 0.6 is 0 Å². The molecule has 1 unspecified atom stereocenters. The van der Waals surface area contributed by atoms with Gasteiger partial charge in [-0.2, -0.15) is 0 Å². The van der Waals surface area contributed by atoms with Crippen LogP contribution in [0.15, 0.2) is 24.5 Å². The van der Waals surface area contributed by atoms with E-state index in [0.717, 1.165) is 30.5 Å². The third-order valence-electron chi connectivity index (χ3n) is 3.67. The van der Waals surface area contributed by atoms with Crippen molar-refractivity contribution >= 4 is 16.9 Å². The van der Waals surface area contributed by atoms with Crippen molar-refractivity contribution in [1.29, 1.82) is 0 Å². The number of imidazole rings is 1. The number of fused-ring (bicyclic) bond motifs is 1. The molecule has 2 aromatic rings. The number of H-pyrrole nitrogens is 1. The second-order valence-corrected chi connectivity index (χ2v) is 5.11. The predicted octanol–water partition coefficient (Wildman–Crippen LogP) is 1.39. The monoisotopic (exact) mass is 258 g/mol. The molecule has 0 radical (unpaired) electrons. The lowest BCUT2D eigenvalue weighted by molar-refractivity contribution is 0.0784. The van der Waals surface area contributed by atoms with E-state index < -0.39 is 0 Å². The van der Waals surface area contributed by atoms with Crippen molar-refractivity contribution in [3.63, 3.8) is 0 Å². The molecule has 2 heterocycles. The number of aromatic nitrogens is 2. The molecule has 100 valence electrons. The summed E-state index contributed by atoms with van der Waals surface area (Å²) in [4.78, 5) is 21.3. The molecule has 1 aliphatic heterocycles. The molecule has 0 saturated carbocycles. The van der Waals surface area contributed by atoms with Gasteiger partial charge < -0.3 is 15.2 Å². The van der Waals surface area contributed by atoms with E-state index in [1.165, 1.54) is 6.42 Å². The Morgan fingerprint density at radius 3 is 3.21 bits per heavy atom. The van der Waals surface area contributed by atoms with Gasteiger partial charge in [-0.15, -0.1) is 0 Å². The quantitative estimate of drug-likeness (QED) is 0.874. The first-order chi connectivity index (χ1) is 9.24. The van der Waals surface area contributed by atoms with Crippen LogP contribution in [0.3, 0.4) is 0 Å². The van der Waals surface area contributed by atoms with E-state index in [0.29, 0.717) is 11.6 Å². The van der Waals surface area contributed by atoms with Crippen molar-refractivity contribution in [3.8, 4) is 0 Å². The van der Waals surface area contributed by atoms with Crippen molar-refractivity contribution in [2.45, 2.75) is 18.9 Å². The number of aromatic amines is 1. The van der Waals surface area contributed by atoms with Crippen molar-refractivity contribution < 1.29 is 4.79 Å². The average Bonchev–Trinajstić information content (AvgIpc) is 3.07. The third-order valence-corrected chi connectivity index (χ3v) is 3.67. The number of hydrogen-bond acceptors (Lipinski definition) is 3. The van der Waals surface area contributed by atoms with E-state index in [-0.39, 0.29) is 5.91 Å². The molecule has 1 aromatic carbocycles. The Hall–Kier alpha value is -1.88. The van der Waals surface area contributed by atoms with E-state index in [4.69, 9.17) is 0 Å². The second kappa shape index (κ2) is 5.01. The molecule has 1 fully saturated rings. The summed E-state index contributed by atoms with van der Waals surface area (Å²) in [5.74, 6) is 0.0604. The lowest BCUT2D eigenvalue weighted by Gasteiger charge is -2.21. The molecule has 0 bridgehead atoms. The summed E-state index contributed by atoms with van der Waals surface area (Å²) in [7, 11) is 1.86. The smallest absolute Gasteiger partial charge is 0.253 e. The minimum absolute atomic E-state index is 0.0604. The lowest BCUT2D eigenvalue weighted by Crippen LogP contribution is -2.38. The standard InChI is InChI=1S/C14H18N4O/c1-18(8-11-3-2-6-15-11)14(19)10-4-5-12-13(7-10)17-9-16-12/h4-5,7,9,11,15H,2-3,6,8H2,1H3,(H,16,17). The van der Waals surface area contributed by atoms with Crippen molar-refractivity contribution in [2.24, 2.45) is 0 Å². The Morgan fingerprint density at radius 1 is 1.53 bits per heavy atom. The van der Waals surface area contributed by atoms with Gasteiger partial charge in [-0.05, 0) is 37.6 Å². The molecule has 1 aliphatic rings. The molecule has 1 amide bonds. The van der Waals surface area contributed by atoms with Crippen molar-refractivity contribution in [3.05, 3.63) is 30.1 Å². The molecule has 5 nitrogen and oxygen atoms in total. The van der Waals surface area contributed by atoms with Gasteiger partial charge >= 0.3 is 0 Å². The van der Waals surface area contributed by atoms with E-state index in [1.807, 2.05) is 25.2 Å². The van der Waals surface area contributed by atoms with Crippen LogP contribution in [0, 0.1) is 0 Å². The number of carbonyl (C=O) groups is 1. The molecule has 19 heavy (non-hydrogen) atoms. The second-order valence-electron chi connectivity index (χ2n) is 5.11. The predicted molar refractivity (Wildman–Crippen MR) is 74.1 cm³/mol. The molecule has 1 saturated heterocycles. The van der Waals surface area contributed by atoms with Crippen molar-refractivity contribution in [1.82, 2.24) is 20.2 Å². The maximum Gasteiger partial charge on any atom is 0.253 e. The molecule has 1 atom stereocenters. The van der Waals surface area contributed by atoms with Gasteiger partial charge in [0.2, 0.25) is 0 Å². The summed E-state index contributed by atoms with van der Waals surface area (Å²) in [5, 5.41) is 3.41. The fourth-order valence-electron chi connectivity index (χ4n) is 2.62. The fourth-order valence-corrected chi connectivity index (χ4v) is 2.62.